The summed E-state index contributed by atoms with van der Waals surface area (Å²) >= 11 is 0. The summed E-state index contributed by atoms with van der Waals surface area (Å²) < 4.78 is 19.5. The van der Waals surface area contributed by atoms with E-state index in [2.05, 4.69) is 26.3 Å². The van der Waals surface area contributed by atoms with Gasteiger partial charge in [-0.25, -0.2) is 4.39 Å². The van der Waals surface area contributed by atoms with Crippen molar-refractivity contribution in [3.8, 4) is 5.75 Å². The number of hydrogen-bond donors (Lipinski definition) is 1. The second kappa shape index (κ2) is 4.18. The fraction of sp³-hybridized carbons (Fsp3) is 0.538. The monoisotopic (exact) mass is 239 g/mol. The van der Waals surface area contributed by atoms with E-state index in [1.165, 1.54) is 13.2 Å². The van der Waals surface area contributed by atoms with Gasteiger partial charge in [-0.15, -0.1) is 0 Å². The van der Waals surface area contributed by atoms with Crippen LogP contribution in [-0.4, -0.2) is 12.7 Å². The van der Waals surface area contributed by atoms with E-state index in [-0.39, 0.29) is 11.4 Å². The van der Waals surface area contributed by atoms with Crippen LogP contribution in [0.2, 0.25) is 0 Å². The minimum absolute atomic E-state index is 0.250. The van der Waals surface area contributed by atoms with Crippen molar-refractivity contribution in [2.75, 3.05) is 12.6 Å². The molecule has 3 nitrogen and oxygen atoms in total. The predicted octanol–water partition coefficient (Wildman–Crippen LogP) is 3.15. The van der Waals surface area contributed by atoms with E-state index >= 15 is 0 Å². The molecule has 1 heterocycles. The molecule has 1 unspecified atom stereocenters. The molecule has 1 aromatic rings. The molecule has 4 heteroatoms. The molecule has 0 aliphatic carbocycles. The topological polar surface area (TPSA) is 30.5 Å². The maximum Gasteiger partial charge on any atom is 0.152 e. The average Bonchev–Trinajstić information content (AvgIpc) is 2.56. The number of halogens is 1. The number of benzene rings is 1. The standard InChI is InChI=1S/C13H18FNO2/c1-8(2)13(3)7-9-5-11(15-16-4)10(14)6-12(9)17-13/h5-6,8,15H,7H2,1-4H3. The first-order chi connectivity index (χ1) is 7.96. The van der Waals surface area contributed by atoms with Crippen molar-refractivity contribution in [3.05, 3.63) is 23.5 Å². The molecule has 2 rings (SSSR count). The molecule has 0 saturated carbocycles. The molecule has 0 spiro atoms. The summed E-state index contributed by atoms with van der Waals surface area (Å²) in [6.45, 7) is 6.27. The molecule has 0 radical (unpaired) electrons. The Morgan fingerprint density at radius 1 is 1.47 bits per heavy atom. The smallest absolute Gasteiger partial charge is 0.152 e. The number of fused-ring (bicyclic) bond motifs is 1. The highest BCUT2D eigenvalue weighted by atomic mass is 19.1. The molecule has 1 aliphatic heterocycles. The molecule has 1 aromatic carbocycles. The lowest BCUT2D eigenvalue weighted by atomic mass is 9.88. The first kappa shape index (κ1) is 12.2. The van der Waals surface area contributed by atoms with Crippen molar-refractivity contribution in [1.82, 2.24) is 0 Å². The summed E-state index contributed by atoms with van der Waals surface area (Å²) in [4.78, 5) is 4.74. The number of nitrogens with one attached hydrogen (secondary N) is 1. The molecule has 0 amide bonds. The van der Waals surface area contributed by atoms with E-state index in [0.717, 1.165) is 12.0 Å². The Kier molecular flexibility index (Phi) is 3.00. The van der Waals surface area contributed by atoms with E-state index in [4.69, 9.17) is 9.57 Å². The Labute approximate surface area is 101 Å². The van der Waals surface area contributed by atoms with Gasteiger partial charge in [0.15, 0.2) is 5.82 Å². The maximum absolute atomic E-state index is 13.7. The van der Waals surface area contributed by atoms with Crippen LogP contribution in [0.1, 0.15) is 26.3 Å². The average molecular weight is 239 g/mol. The lowest BCUT2D eigenvalue weighted by Crippen LogP contribution is -2.36. The van der Waals surface area contributed by atoms with Gasteiger partial charge in [0.2, 0.25) is 0 Å². The molecular formula is C13H18FNO2. The Morgan fingerprint density at radius 3 is 2.76 bits per heavy atom. The van der Waals surface area contributed by atoms with Gasteiger partial charge in [-0.2, -0.15) is 0 Å². The van der Waals surface area contributed by atoms with Crippen molar-refractivity contribution in [2.45, 2.75) is 32.8 Å². The summed E-state index contributed by atoms with van der Waals surface area (Å²) in [6, 6.07) is 3.17. The number of ether oxygens (including phenoxy) is 1. The first-order valence-electron chi connectivity index (χ1n) is 5.76. The van der Waals surface area contributed by atoms with Crippen molar-refractivity contribution in [2.24, 2.45) is 5.92 Å². The Balaban J connectivity index is 2.33. The van der Waals surface area contributed by atoms with Gasteiger partial charge in [-0.1, -0.05) is 13.8 Å². The molecule has 0 fully saturated rings. The first-order valence-corrected chi connectivity index (χ1v) is 5.76. The van der Waals surface area contributed by atoms with Crippen molar-refractivity contribution in [3.63, 3.8) is 0 Å². The lowest BCUT2D eigenvalue weighted by molar-refractivity contribution is 0.0644. The predicted molar refractivity (Wildman–Crippen MR) is 64.6 cm³/mol. The van der Waals surface area contributed by atoms with Crippen LogP contribution in [-0.2, 0) is 11.3 Å². The minimum atomic E-state index is -0.362. The zero-order valence-electron chi connectivity index (χ0n) is 10.6. The second-order valence-corrected chi connectivity index (χ2v) is 4.99. The van der Waals surface area contributed by atoms with E-state index in [9.17, 15) is 4.39 Å². The SMILES string of the molecule is CONc1cc2c(cc1F)OC(C)(C(C)C)C2. The molecule has 94 valence electrons. The van der Waals surface area contributed by atoms with Crippen LogP contribution in [0.15, 0.2) is 12.1 Å². The fourth-order valence-corrected chi connectivity index (χ4v) is 2.01. The van der Waals surface area contributed by atoms with E-state index in [1.807, 2.05) is 0 Å². The van der Waals surface area contributed by atoms with E-state index in [1.54, 1.807) is 6.07 Å². The molecule has 1 aliphatic rings. The van der Waals surface area contributed by atoms with E-state index < -0.39 is 0 Å². The second-order valence-electron chi connectivity index (χ2n) is 4.99. The van der Waals surface area contributed by atoms with Gasteiger partial charge in [0, 0.05) is 18.1 Å². The molecule has 1 N–H and O–H groups in total. The van der Waals surface area contributed by atoms with Gasteiger partial charge < -0.3 is 4.74 Å². The normalized spacial score (nSPS) is 22.5. The van der Waals surface area contributed by atoms with Crippen molar-refractivity contribution >= 4 is 5.69 Å². The molecule has 0 saturated heterocycles. The zero-order chi connectivity index (χ0) is 12.6. The van der Waals surface area contributed by atoms with Crippen LogP contribution in [0.5, 0.6) is 5.75 Å². The van der Waals surface area contributed by atoms with Gasteiger partial charge in [-0.05, 0) is 18.9 Å². The number of rotatable bonds is 3. The van der Waals surface area contributed by atoms with Gasteiger partial charge in [-0.3, -0.25) is 10.3 Å². The van der Waals surface area contributed by atoms with Crippen LogP contribution in [0.4, 0.5) is 10.1 Å². The molecule has 1 atom stereocenters. The highest BCUT2D eigenvalue weighted by Crippen LogP contribution is 2.41. The van der Waals surface area contributed by atoms with Crippen LogP contribution in [0.3, 0.4) is 0 Å². The molecular weight excluding hydrogens is 221 g/mol. The highest BCUT2D eigenvalue weighted by molar-refractivity contribution is 5.53. The third kappa shape index (κ3) is 2.09. The molecule has 0 bridgehead atoms. The van der Waals surface area contributed by atoms with Crippen LogP contribution >= 0.6 is 0 Å². The third-order valence-corrected chi connectivity index (χ3v) is 3.47. The van der Waals surface area contributed by atoms with Gasteiger partial charge in [0.1, 0.15) is 11.4 Å². The largest absolute Gasteiger partial charge is 0.487 e. The van der Waals surface area contributed by atoms with Gasteiger partial charge >= 0.3 is 0 Å². The Hall–Kier alpha value is -1.29. The summed E-state index contributed by atoms with van der Waals surface area (Å²) in [5.41, 5.74) is 3.65. The maximum atomic E-state index is 13.7. The Bertz CT molecular complexity index is 434. The zero-order valence-corrected chi connectivity index (χ0v) is 10.6. The van der Waals surface area contributed by atoms with Crippen molar-refractivity contribution < 1.29 is 14.0 Å². The summed E-state index contributed by atoms with van der Waals surface area (Å²) in [6.07, 6.45) is 0.790. The highest BCUT2D eigenvalue weighted by Gasteiger charge is 2.38. The Morgan fingerprint density at radius 2 is 2.18 bits per heavy atom. The summed E-state index contributed by atoms with van der Waals surface area (Å²) in [5.74, 6) is 0.649. The lowest BCUT2D eigenvalue weighted by Gasteiger charge is -2.28. The van der Waals surface area contributed by atoms with Gasteiger partial charge in [0.05, 0.1) is 12.8 Å². The van der Waals surface area contributed by atoms with E-state index in [0.29, 0.717) is 17.4 Å². The minimum Gasteiger partial charge on any atom is -0.487 e. The molecule has 0 aromatic heterocycles. The van der Waals surface area contributed by atoms with Gasteiger partial charge in [0.25, 0.3) is 0 Å². The molecule has 17 heavy (non-hydrogen) atoms. The van der Waals surface area contributed by atoms with Crippen LogP contribution in [0.25, 0.3) is 0 Å². The summed E-state index contributed by atoms with van der Waals surface area (Å²) in [7, 11) is 1.46. The quantitative estimate of drug-likeness (QED) is 0.822. The van der Waals surface area contributed by atoms with Crippen LogP contribution in [0, 0.1) is 11.7 Å². The number of hydrogen-bond acceptors (Lipinski definition) is 3. The third-order valence-electron chi connectivity index (χ3n) is 3.47. The van der Waals surface area contributed by atoms with Crippen molar-refractivity contribution in [1.29, 1.82) is 0 Å². The fourth-order valence-electron chi connectivity index (χ4n) is 2.01. The summed E-state index contributed by atoms with van der Waals surface area (Å²) in [5, 5.41) is 0. The number of anilines is 1. The van der Waals surface area contributed by atoms with Crippen LogP contribution < -0.4 is 10.2 Å².